The number of carbonyl (C=O) groups is 2. The zero-order valence-corrected chi connectivity index (χ0v) is 27.2. The van der Waals surface area contributed by atoms with E-state index in [-0.39, 0.29) is 17.4 Å². The molecule has 5 nitrogen and oxygen atoms in total. The summed E-state index contributed by atoms with van der Waals surface area (Å²) in [5.74, 6) is 0.0264. The lowest BCUT2D eigenvalue weighted by atomic mass is 9.82. The molecule has 0 spiro atoms. The fourth-order valence-electron chi connectivity index (χ4n) is 8.06. The number of nitrogens with zero attached hydrogens (tertiary/aromatic N) is 2. The van der Waals surface area contributed by atoms with E-state index in [0.717, 1.165) is 43.1 Å². The van der Waals surface area contributed by atoms with E-state index in [1.54, 1.807) is 24.0 Å². The molecule has 0 bridgehead atoms. The van der Waals surface area contributed by atoms with Gasteiger partial charge in [-0.25, -0.2) is 4.39 Å². The molecule has 2 unspecified atom stereocenters. The average Bonchev–Trinajstić information content (AvgIpc) is 3.73. The van der Waals surface area contributed by atoms with Crippen molar-refractivity contribution in [3.05, 3.63) is 94.3 Å². The summed E-state index contributed by atoms with van der Waals surface area (Å²) in [4.78, 5) is 32.4. The highest BCUT2D eigenvalue weighted by atomic mass is 19.1. The van der Waals surface area contributed by atoms with E-state index in [0.29, 0.717) is 30.9 Å². The largest absolute Gasteiger partial charge is 0.371 e. The summed E-state index contributed by atoms with van der Waals surface area (Å²) in [6.45, 7) is 8.86. The summed E-state index contributed by atoms with van der Waals surface area (Å²) >= 11 is 0. The first-order valence-electron chi connectivity index (χ1n) is 17.2. The molecule has 6 rings (SSSR count). The van der Waals surface area contributed by atoms with E-state index in [9.17, 15) is 9.59 Å². The normalized spacial score (nSPS) is 23.4. The van der Waals surface area contributed by atoms with Crippen LogP contribution in [0.1, 0.15) is 97.4 Å². The van der Waals surface area contributed by atoms with Crippen LogP contribution in [0.5, 0.6) is 0 Å². The standard InChI is InChI=1S/C39H48FN3O2/c1-4-29-19-20-32(25-35(29)42-21-5-6-22-42)41-38(44)33-13-9-23-43(39(45)36-27(3)11-8-14-34(36)40)37(33)30-17-15-28(16-18-30)24-31-12-7-10-26(31)2/h8,11,14-20,25-26,31,33,37H,4-7,9-10,12-13,21-24H2,1-3H3,(H,41,44)/t26?,31?,33-,37-/m0/s1. The van der Waals surface area contributed by atoms with Crippen molar-refractivity contribution in [1.82, 2.24) is 4.90 Å². The topological polar surface area (TPSA) is 52.7 Å². The highest BCUT2D eigenvalue weighted by Gasteiger charge is 2.40. The fraction of sp³-hybridized carbons (Fsp3) is 0.487. The number of hydrogen-bond acceptors (Lipinski definition) is 3. The number of piperidine rings is 1. The molecule has 2 heterocycles. The van der Waals surface area contributed by atoms with Crippen LogP contribution in [0, 0.1) is 30.5 Å². The Hall–Kier alpha value is -3.67. The quantitative estimate of drug-likeness (QED) is 0.279. The van der Waals surface area contributed by atoms with Gasteiger partial charge in [-0.15, -0.1) is 0 Å². The smallest absolute Gasteiger partial charge is 0.257 e. The van der Waals surface area contributed by atoms with Crippen molar-refractivity contribution in [3.63, 3.8) is 0 Å². The van der Waals surface area contributed by atoms with Gasteiger partial charge in [-0.05, 0) is 104 Å². The van der Waals surface area contributed by atoms with Crippen molar-refractivity contribution in [2.24, 2.45) is 17.8 Å². The Balaban J connectivity index is 1.31. The van der Waals surface area contributed by atoms with Crippen LogP contribution < -0.4 is 10.2 Å². The third-order valence-corrected chi connectivity index (χ3v) is 10.7. The van der Waals surface area contributed by atoms with E-state index in [2.05, 4.69) is 60.5 Å². The fourth-order valence-corrected chi connectivity index (χ4v) is 8.06. The van der Waals surface area contributed by atoms with Gasteiger partial charge in [0.1, 0.15) is 5.82 Å². The van der Waals surface area contributed by atoms with Crippen molar-refractivity contribution in [2.75, 3.05) is 29.9 Å². The lowest BCUT2D eigenvalue weighted by Crippen LogP contribution is -2.46. The number of carbonyl (C=O) groups excluding carboxylic acids is 2. The van der Waals surface area contributed by atoms with Crippen molar-refractivity contribution < 1.29 is 14.0 Å². The predicted molar refractivity (Wildman–Crippen MR) is 180 cm³/mol. The summed E-state index contributed by atoms with van der Waals surface area (Å²) in [5.41, 5.74) is 6.20. The van der Waals surface area contributed by atoms with Crippen LogP contribution in [0.4, 0.5) is 15.8 Å². The maximum Gasteiger partial charge on any atom is 0.257 e. The summed E-state index contributed by atoms with van der Waals surface area (Å²) in [5, 5.41) is 3.24. The molecule has 0 radical (unpaired) electrons. The molecule has 1 N–H and O–H groups in total. The molecule has 3 aromatic carbocycles. The molecule has 3 aliphatic rings. The molecule has 3 fully saturated rings. The van der Waals surface area contributed by atoms with Gasteiger partial charge in [0, 0.05) is 31.0 Å². The van der Waals surface area contributed by atoms with Gasteiger partial charge in [-0.1, -0.05) is 69.2 Å². The number of hydrogen-bond donors (Lipinski definition) is 1. The predicted octanol–water partition coefficient (Wildman–Crippen LogP) is 8.51. The zero-order valence-electron chi connectivity index (χ0n) is 27.2. The van der Waals surface area contributed by atoms with Gasteiger partial charge in [0.2, 0.25) is 5.91 Å². The van der Waals surface area contributed by atoms with Crippen molar-refractivity contribution in [1.29, 1.82) is 0 Å². The Kier molecular flexibility index (Phi) is 9.58. The van der Waals surface area contributed by atoms with Crippen LogP contribution in [-0.4, -0.2) is 36.3 Å². The van der Waals surface area contributed by atoms with Gasteiger partial charge in [-0.2, -0.15) is 0 Å². The Morgan fingerprint density at radius 2 is 1.69 bits per heavy atom. The number of aryl methyl sites for hydroxylation is 2. The van der Waals surface area contributed by atoms with Crippen LogP contribution in [0.3, 0.4) is 0 Å². The molecule has 4 atom stereocenters. The van der Waals surface area contributed by atoms with Gasteiger partial charge < -0.3 is 15.1 Å². The van der Waals surface area contributed by atoms with E-state index in [1.807, 2.05) is 6.07 Å². The van der Waals surface area contributed by atoms with Crippen LogP contribution in [0.2, 0.25) is 0 Å². The van der Waals surface area contributed by atoms with Crippen molar-refractivity contribution in [3.8, 4) is 0 Å². The Bertz CT molecular complexity index is 1490. The van der Waals surface area contributed by atoms with Gasteiger partial charge >= 0.3 is 0 Å². The van der Waals surface area contributed by atoms with Crippen LogP contribution in [0.25, 0.3) is 0 Å². The van der Waals surface area contributed by atoms with Gasteiger partial charge in [0.25, 0.3) is 5.91 Å². The molecule has 3 aromatic rings. The molecule has 238 valence electrons. The van der Waals surface area contributed by atoms with Gasteiger partial charge in [0.05, 0.1) is 17.5 Å². The Morgan fingerprint density at radius 3 is 2.38 bits per heavy atom. The zero-order chi connectivity index (χ0) is 31.5. The summed E-state index contributed by atoms with van der Waals surface area (Å²) in [6, 6.07) is 19.1. The molecule has 2 amide bonds. The van der Waals surface area contributed by atoms with Crippen molar-refractivity contribution in [2.45, 2.75) is 84.6 Å². The van der Waals surface area contributed by atoms with E-state index in [1.165, 1.54) is 55.0 Å². The highest BCUT2D eigenvalue weighted by Crippen LogP contribution is 2.40. The van der Waals surface area contributed by atoms with Crippen LogP contribution in [-0.2, 0) is 17.6 Å². The molecule has 1 saturated carbocycles. The molecular weight excluding hydrogens is 561 g/mol. The SMILES string of the molecule is CCc1ccc(NC(=O)[C@H]2CCCN(C(=O)c3c(C)cccc3F)[C@H]2c2ccc(CC3CCCC3C)cc2)cc1N1CCCC1. The minimum absolute atomic E-state index is 0.0942. The summed E-state index contributed by atoms with van der Waals surface area (Å²) in [7, 11) is 0. The average molecular weight is 610 g/mol. The molecule has 2 saturated heterocycles. The minimum Gasteiger partial charge on any atom is -0.371 e. The molecule has 2 aliphatic heterocycles. The van der Waals surface area contributed by atoms with Gasteiger partial charge in [0.15, 0.2) is 0 Å². The summed E-state index contributed by atoms with van der Waals surface area (Å²) in [6.07, 6.45) is 9.58. The number of likely N-dealkylation sites (tertiary alicyclic amines) is 1. The highest BCUT2D eigenvalue weighted by molar-refractivity contribution is 5.98. The lowest BCUT2D eigenvalue weighted by Gasteiger charge is -2.41. The first-order chi connectivity index (χ1) is 21.8. The second-order valence-corrected chi connectivity index (χ2v) is 13.6. The maximum absolute atomic E-state index is 15.1. The van der Waals surface area contributed by atoms with E-state index in [4.69, 9.17) is 0 Å². The van der Waals surface area contributed by atoms with E-state index >= 15 is 4.39 Å². The van der Waals surface area contributed by atoms with Crippen molar-refractivity contribution >= 4 is 23.2 Å². The van der Waals surface area contributed by atoms with Crippen LogP contribution in [0.15, 0.2) is 60.7 Å². The monoisotopic (exact) mass is 609 g/mol. The lowest BCUT2D eigenvalue weighted by molar-refractivity contribution is -0.123. The third kappa shape index (κ3) is 6.66. The number of benzene rings is 3. The second-order valence-electron chi connectivity index (χ2n) is 13.6. The third-order valence-electron chi connectivity index (χ3n) is 10.7. The first kappa shape index (κ1) is 31.3. The maximum atomic E-state index is 15.1. The summed E-state index contributed by atoms with van der Waals surface area (Å²) < 4.78 is 15.1. The van der Waals surface area contributed by atoms with Gasteiger partial charge in [-0.3, -0.25) is 9.59 Å². The number of halogens is 1. The number of nitrogens with one attached hydrogen (secondary N) is 1. The molecule has 0 aromatic heterocycles. The van der Waals surface area contributed by atoms with Crippen LogP contribution >= 0.6 is 0 Å². The molecule has 1 aliphatic carbocycles. The minimum atomic E-state index is -0.517. The molecule has 6 heteroatoms. The Morgan fingerprint density at radius 1 is 0.911 bits per heavy atom. The molecule has 45 heavy (non-hydrogen) atoms. The first-order valence-corrected chi connectivity index (χ1v) is 17.2. The number of anilines is 2. The molecular formula is C39H48FN3O2. The van der Waals surface area contributed by atoms with E-state index < -0.39 is 17.8 Å². The Labute approximate surface area is 268 Å². The number of amides is 2. The number of rotatable bonds is 8. The second kappa shape index (κ2) is 13.8.